The van der Waals surface area contributed by atoms with Gasteiger partial charge in [-0.3, -0.25) is 24.7 Å². The van der Waals surface area contributed by atoms with Gasteiger partial charge >= 0.3 is 5.97 Å². The minimum atomic E-state index is -1.01. The van der Waals surface area contributed by atoms with Crippen molar-refractivity contribution in [3.05, 3.63) is 59.7 Å². The van der Waals surface area contributed by atoms with Gasteiger partial charge in [0.25, 0.3) is 5.24 Å². The number of carbonyl (C=O) groups is 3. The zero-order chi connectivity index (χ0) is 20.3. The van der Waals surface area contributed by atoms with E-state index in [-0.39, 0.29) is 17.4 Å². The van der Waals surface area contributed by atoms with Crippen LogP contribution in [0.4, 0.5) is 16.2 Å². The summed E-state index contributed by atoms with van der Waals surface area (Å²) in [5.74, 6) is -0.714. The van der Waals surface area contributed by atoms with E-state index in [0.717, 1.165) is 17.3 Å². The predicted octanol–water partition coefficient (Wildman–Crippen LogP) is 4.14. The van der Waals surface area contributed by atoms with Crippen molar-refractivity contribution in [2.75, 3.05) is 10.3 Å². The summed E-state index contributed by atoms with van der Waals surface area (Å²) in [6.07, 6.45) is -0.220. The summed E-state index contributed by atoms with van der Waals surface area (Å²) in [6, 6.07) is 14.1. The number of hydrazone groups is 1. The number of aliphatic carboxylic acids is 1. The maximum absolute atomic E-state index is 12.5. The molecule has 2 aromatic carbocycles. The van der Waals surface area contributed by atoms with Crippen LogP contribution >= 0.6 is 11.8 Å². The molecule has 1 aliphatic heterocycles. The maximum Gasteiger partial charge on any atom is 0.304 e. The second kappa shape index (κ2) is 8.26. The highest BCUT2D eigenvalue weighted by Crippen LogP contribution is 2.34. The summed E-state index contributed by atoms with van der Waals surface area (Å²) in [4.78, 5) is 36.6. The molecule has 0 saturated carbocycles. The Hall–Kier alpha value is -3.13. The number of nitrogens with one attached hydrogen (secondary N) is 1. The molecule has 2 aromatic rings. The van der Waals surface area contributed by atoms with Crippen molar-refractivity contribution in [2.24, 2.45) is 5.10 Å². The molecular formula is C20H19N3O4S. The number of rotatable bonds is 6. The molecule has 1 saturated heterocycles. The highest BCUT2D eigenvalue weighted by molar-refractivity contribution is 8.15. The number of carboxylic acid groups (broad SMARTS) is 1. The lowest BCUT2D eigenvalue weighted by atomic mass is 10.1. The first-order valence-electron chi connectivity index (χ1n) is 8.59. The number of amidine groups is 1. The lowest BCUT2D eigenvalue weighted by Gasteiger charge is -2.18. The van der Waals surface area contributed by atoms with Gasteiger partial charge in [-0.05, 0) is 50.2 Å². The number of ketones is 1. The van der Waals surface area contributed by atoms with Crippen molar-refractivity contribution in [1.82, 2.24) is 0 Å². The molecule has 28 heavy (non-hydrogen) atoms. The quantitative estimate of drug-likeness (QED) is 0.561. The number of thioether (sulfide) groups is 1. The Labute approximate surface area is 166 Å². The zero-order valence-electron chi connectivity index (χ0n) is 15.4. The van der Waals surface area contributed by atoms with Gasteiger partial charge in [0.05, 0.1) is 23.0 Å². The second-order valence-electron chi connectivity index (χ2n) is 6.36. The summed E-state index contributed by atoms with van der Waals surface area (Å²) in [7, 11) is 0. The highest BCUT2D eigenvalue weighted by Gasteiger charge is 2.40. The van der Waals surface area contributed by atoms with Crippen LogP contribution in [0.5, 0.6) is 0 Å². The van der Waals surface area contributed by atoms with Gasteiger partial charge in [-0.2, -0.15) is 5.10 Å². The number of anilines is 2. The third-order valence-corrected chi connectivity index (χ3v) is 5.23. The van der Waals surface area contributed by atoms with Gasteiger partial charge in [0.2, 0.25) is 0 Å². The van der Waals surface area contributed by atoms with E-state index in [9.17, 15) is 19.5 Å². The molecule has 1 fully saturated rings. The van der Waals surface area contributed by atoms with E-state index in [2.05, 4.69) is 10.5 Å². The molecule has 3 rings (SSSR count). The number of aryl methyl sites for hydroxylation is 1. The molecule has 1 unspecified atom stereocenters. The molecule has 0 aliphatic carbocycles. The number of amides is 1. The lowest BCUT2D eigenvalue weighted by Crippen LogP contribution is -2.33. The van der Waals surface area contributed by atoms with Gasteiger partial charge in [-0.1, -0.05) is 29.5 Å². The molecular weight excluding hydrogens is 378 g/mol. The van der Waals surface area contributed by atoms with Crippen molar-refractivity contribution in [3.8, 4) is 0 Å². The van der Waals surface area contributed by atoms with E-state index in [1.54, 1.807) is 36.4 Å². The number of carboxylic acids is 1. The first-order chi connectivity index (χ1) is 13.3. The molecule has 0 bridgehead atoms. The van der Waals surface area contributed by atoms with Gasteiger partial charge in [-0.15, -0.1) is 0 Å². The van der Waals surface area contributed by atoms with Crippen molar-refractivity contribution in [3.63, 3.8) is 0 Å². The van der Waals surface area contributed by atoms with Gasteiger partial charge in [0.15, 0.2) is 11.6 Å². The number of hydrogen-bond donors (Lipinski definition) is 2. The molecule has 0 aromatic heterocycles. The summed E-state index contributed by atoms with van der Waals surface area (Å²) in [5.41, 5.74) is 5.74. The Morgan fingerprint density at radius 3 is 2.36 bits per heavy atom. The Bertz CT molecular complexity index is 939. The molecule has 7 nitrogen and oxygen atoms in total. The largest absolute Gasteiger partial charge is 0.481 e. The molecule has 2 N–H and O–H groups in total. The van der Waals surface area contributed by atoms with Gasteiger partial charge in [0.1, 0.15) is 0 Å². The maximum atomic E-state index is 12.5. The van der Waals surface area contributed by atoms with E-state index in [1.165, 1.54) is 11.8 Å². The fourth-order valence-corrected chi connectivity index (χ4v) is 3.75. The Morgan fingerprint density at radius 1 is 1.14 bits per heavy atom. The summed E-state index contributed by atoms with van der Waals surface area (Å²) < 4.78 is 0. The number of carbonyl (C=O) groups excluding carboxylic acids is 2. The van der Waals surface area contributed by atoms with Crippen LogP contribution in [0.15, 0.2) is 53.6 Å². The molecule has 1 amide bonds. The molecule has 1 heterocycles. The summed E-state index contributed by atoms with van der Waals surface area (Å²) in [5, 5.41) is 12.6. The van der Waals surface area contributed by atoms with Gasteiger partial charge < -0.3 is 5.11 Å². The standard InChI is InChI=1S/C20H19N3O4S/c1-12-3-9-16(10-4-12)23-19(17(11-18(25)26)28-20(23)27)22-21-15-7-5-14(6-8-15)13(2)24/h3-10,17,21H,11H2,1-2H3,(H,25,26)/b22-19-. The first kappa shape index (κ1) is 19.6. The third kappa shape index (κ3) is 4.40. The van der Waals surface area contributed by atoms with E-state index < -0.39 is 11.2 Å². The highest BCUT2D eigenvalue weighted by atomic mass is 32.2. The summed E-state index contributed by atoms with van der Waals surface area (Å²) in [6.45, 7) is 3.43. The Kier molecular flexibility index (Phi) is 5.79. The smallest absolute Gasteiger partial charge is 0.304 e. The van der Waals surface area contributed by atoms with E-state index >= 15 is 0 Å². The lowest BCUT2D eigenvalue weighted by molar-refractivity contribution is -0.136. The number of Topliss-reactive ketones (excluding diaryl/α,β-unsaturated/α-hetero) is 1. The zero-order valence-corrected chi connectivity index (χ0v) is 16.2. The molecule has 144 valence electrons. The third-order valence-electron chi connectivity index (χ3n) is 4.19. The van der Waals surface area contributed by atoms with Crippen LogP contribution in [-0.2, 0) is 4.79 Å². The fraction of sp³-hybridized carbons (Fsp3) is 0.200. The van der Waals surface area contributed by atoms with E-state index in [4.69, 9.17) is 0 Å². The SMILES string of the molecule is CC(=O)c1ccc(N/N=C2/C(CC(=O)O)SC(=O)N2c2ccc(C)cc2)cc1. The first-order valence-corrected chi connectivity index (χ1v) is 9.47. The molecule has 0 radical (unpaired) electrons. The van der Waals surface area contributed by atoms with Crippen molar-refractivity contribution < 1.29 is 19.5 Å². The normalized spacial score (nSPS) is 17.8. The van der Waals surface area contributed by atoms with Gasteiger partial charge in [0, 0.05) is 5.56 Å². The van der Waals surface area contributed by atoms with Crippen LogP contribution in [0.2, 0.25) is 0 Å². The van der Waals surface area contributed by atoms with Crippen LogP contribution in [0.3, 0.4) is 0 Å². The van der Waals surface area contributed by atoms with Crippen LogP contribution < -0.4 is 10.3 Å². The molecule has 8 heteroatoms. The molecule has 1 aliphatic rings. The molecule has 0 spiro atoms. The predicted molar refractivity (Wildman–Crippen MR) is 110 cm³/mol. The number of hydrogen-bond acceptors (Lipinski definition) is 6. The van der Waals surface area contributed by atoms with Crippen LogP contribution in [-0.4, -0.2) is 33.2 Å². The average molecular weight is 397 g/mol. The van der Waals surface area contributed by atoms with E-state index in [1.807, 2.05) is 19.1 Å². The van der Waals surface area contributed by atoms with Crippen molar-refractivity contribution in [1.29, 1.82) is 0 Å². The van der Waals surface area contributed by atoms with Gasteiger partial charge in [-0.25, -0.2) is 0 Å². The number of nitrogens with zero attached hydrogens (tertiary/aromatic N) is 2. The number of benzene rings is 2. The van der Waals surface area contributed by atoms with Crippen LogP contribution in [0.1, 0.15) is 29.3 Å². The summed E-state index contributed by atoms with van der Waals surface area (Å²) >= 11 is 0.941. The van der Waals surface area contributed by atoms with E-state index in [0.29, 0.717) is 22.8 Å². The minimum Gasteiger partial charge on any atom is -0.481 e. The monoisotopic (exact) mass is 397 g/mol. The fourth-order valence-electron chi connectivity index (χ4n) is 2.71. The minimum absolute atomic E-state index is 0.0391. The Morgan fingerprint density at radius 2 is 1.79 bits per heavy atom. The Balaban J connectivity index is 1.91. The van der Waals surface area contributed by atoms with Crippen molar-refractivity contribution >= 4 is 46.0 Å². The van der Waals surface area contributed by atoms with Crippen LogP contribution in [0, 0.1) is 6.92 Å². The molecule has 1 atom stereocenters. The second-order valence-corrected chi connectivity index (χ2v) is 7.51. The van der Waals surface area contributed by atoms with Crippen LogP contribution in [0.25, 0.3) is 0 Å². The van der Waals surface area contributed by atoms with Crippen molar-refractivity contribution in [2.45, 2.75) is 25.5 Å². The topological polar surface area (TPSA) is 99.1 Å². The average Bonchev–Trinajstić information content (AvgIpc) is 2.95.